The Labute approximate surface area is 120 Å². The summed E-state index contributed by atoms with van der Waals surface area (Å²) in [5.74, 6) is -0.223. The molecule has 0 aliphatic heterocycles. The highest BCUT2D eigenvalue weighted by atomic mass is 19.1. The first-order valence-corrected chi connectivity index (χ1v) is 6.93. The maximum absolute atomic E-state index is 13.2. The van der Waals surface area contributed by atoms with Gasteiger partial charge < -0.3 is 24.8 Å². The monoisotopic (exact) mass is 294 g/mol. The van der Waals surface area contributed by atoms with Gasteiger partial charge in [0.25, 0.3) is 0 Å². The van der Waals surface area contributed by atoms with Crippen LogP contribution >= 0.6 is 0 Å². The first-order chi connectivity index (χ1) is 9.66. The largest absolute Gasteiger partial charge is 0.379 e. The van der Waals surface area contributed by atoms with Gasteiger partial charge in [-0.2, -0.15) is 0 Å². The van der Waals surface area contributed by atoms with E-state index in [2.05, 4.69) is 10.6 Å². The van der Waals surface area contributed by atoms with Crippen molar-refractivity contribution in [2.75, 3.05) is 59.8 Å². The van der Waals surface area contributed by atoms with Crippen molar-refractivity contribution in [1.29, 1.82) is 0 Å². The Morgan fingerprint density at radius 1 is 1.05 bits per heavy atom. The third-order valence-electron chi connectivity index (χ3n) is 2.39. The van der Waals surface area contributed by atoms with Gasteiger partial charge in [0.2, 0.25) is 5.91 Å². The lowest BCUT2D eigenvalue weighted by Gasteiger charge is -2.09. The van der Waals surface area contributed by atoms with Crippen molar-refractivity contribution in [3.63, 3.8) is 0 Å². The third kappa shape index (κ3) is 15.3. The topological polar surface area (TPSA) is 68.8 Å². The van der Waals surface area contributed by atoms with E-state index < -0.39 is 6.17 Å². The average molecular weight is 294 g/mol. The van der Waals surface area contributed by atoms with Gasteiger partial charge in [-0.3, -0.25) is 4.79 Å². The molecule has 0 aliphatic carbocycles. The average Bonchev–Trinajstić information content (AvgIpc) is 2.42. The van der Waals surface area contributed by atoms with Crippen LogP contribution in [0.4, 0.5) is 4.39 Å². The summed E-state index contributed by atoms with van der Waals surface area (Å²) < 4.78 is 29.0. The van der Waals surface area contributed by atoms with E-state index in [9.17, 15) is 9.18 Å². The predicted molar refractivity (Wildman–Crippen MR) is 74.6 cm³/mol. The van der Waals surface area contributed by atoms with Crippen molar-refractivity contribution in [2.24, 2.45) is 0 Å². The number of amides is 1. The number of nitrogens with one attached hydrogen (secondary N) is 2. The molecule has 2 N–H and O–H groups in total. The first kappa shape index (κ1) is 19.2. The van der Waals surface area contributed by atoms with E-state index in [0.717, 1.165) is 6.54 Å². The van der Waals surface area contributed by atoms with Crippen molar-refractivity contribution < 1.29 is 23.4 Å². The second-order valence-electron chi connectivity index (χ2n) is 4.26. The second-order valence-corrected chi connectivity index (χ2v) is 4.26. The Hall–Kier alpha value is -0.760. The maximum atomic E-state index is 13.2. The molecule has 0 fully saturated rings. The number of likely N-dealkylation sites (N-methyl/N-ethyl adjacent to an activating group) is 1. The molecule has 7 heteroatoms. The van der Waals surface area contributed by atoms with Crippen molar-refractivity contribution >= 4 is 5.91 Å². The zero-order valence-electron chi connectivity index (χ0n) is 12.5. The summed E-state index contributed by atoms with van der Waals surface area (Å²) in [6.07, 6.45) is -0.798. The van der Waals surface area contributed by atoms with Crippen LogP contribution in [-0.4, -0.2) is 71.9 Å². The van der Waals surface area contributed by atoms with Gasteiger partial charge in [0.05, 0.1) is 33.0 Å². The number of ether oxygens (including phenoxy) is 3. The standard InChI is InChI=1S/C13H27FN2O4/c1-12(17)16-11-13(14)3-5-18-7-9-20-10-8-19-6-4-15-2/h13,15H,3-11H2,1-2H3,(H,16,17). The van der Waals surface area contributed by atoms with Gasteiger partial charge in [-0.15, -0.1) is 0 Å². The van der Waals surface area contributed by atoms with Gasteiger partial charge >= 0.3 is 0 Å². The van der Waals surface area contributed by atoms with E-state index in [1.54, 1.807) is 0 Å². The fraction of sp³-hybridized carbons (Fsp3) is 0.923. The number of alkyl halides is 1. The molecule has 0 saturated heterocycles. The number of halogens is 1. The first-order valence-electron chi connectivity index (χ1n) is 6.93. The molecule has 0 bridgehead atoms. The number of rotatable bonds is 14. The lowest BCUT2D eigenvalue weighted by molar-refractivity contribution is -0.119. The molecular weight excluding hydrogens is 267 g/mol. The van der Waals surface area contributed by atoms with E-state index in [1.165, 1.54) is 6.92 Å². The minimum atomic E-state index is -1.07. The Balaban J connectivity index is 3.10. The lowest BCUT2D eigenvalue weighted by atomic mass is 10.3. The molecule has 0 aliphatic rings. The van der Waals surface area contributed by atoms with E-state index in [1.807, 2.05) is 7.05 Å². The molecule has 20 heavy (non-hydrogen) atoms. The van der Waals surface area contributed by atoms with E-state index in [-0.39, 0.29) is 18.9 Å². The molecule has 1 atom stereocenters. The molecule has 0 rings (SSSR count). The summed E-state index contributed by atoms with van der Waals surface area (Å²) in [5.41, 5.74) is 0. The molecule has 0 radical (unpaired) electrons. The molecule has 0 aromatic carbocycles. The van der Waals surface area contributed by atoms with Gasteiger partial charge in [0, 0.05) is 33.0 Å². The third-order valence-corrected chi connectivity index (χ3v) is 2.39. The van der Waals surface area contributed by atoms with Gasteiger partial charge in [-0.25, -0.2) is 4.39 Å². The highest BCUT2D eigenvalue weighted by molar-refractivity contribution is 5.72. The Morgan fingerprint density at radius 3 is 2.15 bits per heavy atom. The summed E-state index contributed by atoms with van der Waals surface area (Å²) in [5, 5.41) is 5.40. The van der Waals surface area contributed by atoms with Crippen LogP contribution in [0.2, 0.25) is 0 Å². The normalized spacial score (nSPS) is 12.3. The molecule has 0 spiro atoms. The predicted octanol–water partition coefficient (Wildman–Crippen LogP) is 0.120. The van der Waals surface area contributed by atoms with E-state index in [0.29, 0.717) is 39.6 Å². The van der Waals surface area contributed by atoms with Crippen LogP contribution in [0, 0.1) is 0 Å². The number of carbonyl (C=O) groups excluding carboxylic acids is 1. The molecule has 0 aromatic heterocycles. The molecule has 6 nitrogen and oxygen atoms in total. The molecule has 1 unspecified atom stereocenters. The van der Waals surface area contributed by atoms with Crippen LogP contribution < -0.4 is 10.6 Å². The molecular formula is C13H27FN2O4. The lowest BCUT2D eigenvalue weighted by Crippen LogP contribution is -2.28. The minimum absolute atomic E-state index is 0.0408. The van der Waals surface area contributed by atoms with Crippen LogP contribution in [0.15, 0.2) is 0 Å². The summed E-state index contributed by atoms with van der Waals surface area (Å²) in [6.45, 7) is 5.22. The molecule has 1 amide bonds. The fourth-order valence-electron chi connectivity index (χ4n) is 1.28. The zero-order valence-corrected chi connectivity index (χ0v) is 12.5. The number of hydrogen-bond acceptors (Lipinski definition) is 5. The van der Waals surface area contributed by atoms with Gasteiger partial charge in [-0.1, -0.05) is 0 Å². The molecule has 0 heterocycles. The maximum Gasteiger partial charge on any atom is 0.216 e. The molecule has 0 aromatic rings. The van der Waals surface area contributed by atoms with Crippen molar-refractivity contribution in [3.8, 4) is 0 Å². The van der Waals surface area contributed by atoms with Crippen molar-refractivity contribution in [3.05, 3.63) is 0 Å². The zero-order chi connectivity index (χ0) is 15.1. The van der Waals surface area contributed by atoms with Crippen LogP contribution in [0.3, 0.4) is 0 Å². The van der Waals surface area contributed by atoms with Crippen LogP contribution in [0.5, 0.6) is 0 Å². The molecule has 0 saturated carbocycles. The highest BCUT2D eigenvalue weighted by Gasteiger charge is 2.06. The van der Waals surface area contributed by atoms with E-state index in [4.69, 9.17) is 14.2 Å². The Kier molecular flexibility index (Phi) is 14.1. The van der Waals surface area contributed by atoms with Crippen LogP contribution in [0.25, 0.3) is 0 Å². The van der Waals surface area contributed by atoms with Gasteiger partial charge in [0.15, 0.2) is 0 Å². The van der Waals surface area contributed by atoms with Crippen LogP contribution in [0.1, 0.15) is 13.3 Å². The number of carbonyl (C=O) groups is 1. The van der Waals surface area contributed by atoms with Gasteiger partial charge in [-0.05, 0) is 7.05 Å². The van der Waals surface area contributed by atoms with Crippen molar-refractivity contribution in [1.82, 2.24) is 10.6 Å². The fourth-order valence-corrected chi connectivity index (χ4v) is 1.28. The van der Waals surface area contributed by atoms with E-state index >= 15 is 0 Å². The SMILES string of the molecule is CNCCOCCOCCOCCC(F)CNC(C)=O. The van der Waals surface area contributed by atoms with Gasteiger partial charge in [0.1, 0.15) is 6.17 Å². The Bertz CT molecular complexity index is 232. The summed E-state index contributed by atoms with van der Waals surface area (Å²) >= 11 is 0. The summed E-state index contributed by atoms with van der Waals surface area (Å²) in [4.78, 5) is 10.6. The summed E-state index contributed by atoms with van der Waals surface area (Å²) in [6, 6.07) is 0. The molecule has 120 valence electrons. The highest BCUT2D eigenvalue weighted by Crippen LogP contribution is 1.96. The van der Waals surface area contributed by atoms with Crippen LogP contribution in [-0.2, 0) is 19.0 Å². The summed E-state index contributed by atoms with van der Waals surface area (Å²) in [7, 11) is 1.87. The smallest absolute Gasteiger partial charge is 0.216 e. The Morgan fingerprint density at radius 2 is 1.60 bits per heavy atom. The number of hydrogen-bond donors (Lipinski definition) is 2. The minimum Gasteiger partial charge on any atom is -0.379 e. The quantitative estimate of drug-likeness (QED) is 0.445. The second kappa shape index (κ2) is 14.6. The van der Waals surface area contributed by atoms with Crippen molar-refractivity contribution in [2.45, 2.75) is 19.5 Å².